The lowest BCUT2D eigenvalue weighted by Crippen LogP contribution is -3.15. The number of carbonyl (C=O) groups excluding carboxylic acids is 1. The fraction of sp³-hybridized carbons (Fsp3) is 0.458. The topological polar surface area (TPSA) is 52.0 Å². The van der Waals surface area contributed by atoms with Crippen LogP contribution in [0.25, 0.3) is 0 Å². The maximum Gasteiger partial charge on any atom is 0.258 e. The second-order valence-corrected chi connectivity index (χ2v) is 8.16. The van der Waals surface area contributed by atoms with Crippen LogP contribution in [0.4, 0.5) is 4.39 Å². The van der Waals surface area contributed by atoms with Gasteiger partial charge in [-0.25, -0.2) is 4.39 Å². The molecule has 0 radical (unpaired) electrons. The van der Waals surface area contributed by atoms with E-state index in [0.29, 0.717) is 25.7 Å². The second-order valence-electron chi connectivity index (χ2n) is 8.16. The predicted octanol–water partition coefficient (Wildman–Crippen LogP) is 2.41. The van der Waals surface area contributed by atoms with E-state index >= 15 is 0 Å². The van der Waals surface area contributed by atoms with Gasteiger partial charge in [0.25, 0.3) is 5.91 Å². The number of quaternary nitrogens is 1. The number of ether oxygens (including phenoxy) is 2. The number of amides is 1. The molecule has 162 valence electrons. The van der Waals surface area contributed by atoms with Gasteiger partial charge in [0.15, 0.2) is 6.61 Å². The van der Waals surface area contributed by atoms with Crippen LogP contribution in [-0.2, 0) is 9.53 Å². The summed E-state index contributed by atoms with van der Waals surface area (Å²) in [7, 11) is 0. The van der Waals surface area contributed by atoms with Gasteiger partial charge >= 0.3 is 0 Å². The molecule has 1 atom stereocenters. The number of benzene rings is 2. The normalized spacial score (nSPS) is 15.8. The Morgan fingerprint density at radius 1 is 1.17 bits per heavy atom. The molecule has 0 bridgehead atoms. The Kier molecular flexibility index (Phi) is 7.82. The highest BCUT2D eigenvalue weighted by molar-refractivity contribution is 5.77. The average molecular weight is 416 g/mol. The fourth-order valence-electron chi connectivity index (χ4n) is 3.83. The number of morpholine rings is 1. The minimum atomic E-state index is -0.258. The van der Waals surface area contributed by atoms with Crippen molar-refractivity contribution < 1.29 is 23.6 Å². The Balaban J connectivity index is 1.62. The summed E-state index contributed by atoms with van der Waals surface area (Å²) in [6.45, 7) is 9.75. The first kappa shape index (κ1) is 22.2. The van der Waals surface area contributed by atoms with Crippen molar-refractivity contribution >= 4 is 5.91 Å². The minimum absolute atomic E-state index is 0.0300. The Labute approximate surface area is 178 Å². The molecule has 6 heteroatoms. The number of rotatable bonds is 8. The molecule has 1 fully saturated rings. The first-order chi connectivity index (χ1) is 14.4. The smallest absolute Gasteiger partial charge is 0.258 e. The lowest BCUT2D eigenvalue weighted by molar-refractivity contribution is -0.937. The monoisotopic (exact) mass is 415 g/mol. The highest BCUT2D eigenvalue weighted by atomic mass is 19.1. The first-order valence-corrected chi connectivity index (χ1v) is 10.6. The summed E-state index contributed by atoms with van der Waals surface area (Å²) in [6, 6.07) is 12.7. The van der Waals surface area contributed by atoms with Crippen molar-refractivity contribution in [2.75, 3.05) is 39.5 Å². The van der Waals surface area contributed by atoms with E-state index in [0.717, 1.165) is 35.5 Å². The molecule has 1 aliphatic heterocycles. The molecule has 2 aromatic carbocycles. The molecular formula is C24H32FN2O3+. The molecule has 1 amide bonds. The SMILES string of the molecule is Cc1ccc(C(C)C)c(OCC(=O)NC[C@H](c2ccc(F)cc2)[NH+]2CCOCC2)c1. The third kappa shape index (κ3) is 6.03. The number of nitrogens with one attached hydrogen (secondary N) is 2. The standard InChI is InChI=1S/C24H31FN2O3/c1-17(2)21-9-4-18(3)14-23(21)30-16-24(28)26-15-22(27-10-12-29-13-11-27)19-5-7-20(25)8-6-19/h4-9,14,17,22H,10-13,15-16H2,1-3H3,(H,26,28)/p+1/t22-/m1/s1. The fourth-order valence-corrected chi connectivity index (χ4v) is 3.83. The van der Waals surface area contributed by atoms with Gasteiger partial charge in [-0.1, -0.05) is 38.1 Å². The predicted molar refractivity (Wildman–Crippen MR) is 114 cm³/mol. The summed E-state index contributed by atoms with van der Waals surface area (Å²) in [5, 5.41) is 3.01. The summed E-state index contributed by atoms with van der Waals surface area (Å²) in [4.78, 5) is 13.9. The van der Waals surface area contributed by atoms with Gasteiger partial charge in [-0.15, -0.1) is 0 Å². The van der Waals surface area contributed by atoms with Crippen LogP contribution in [0.5, 0.6) is 5.75 Å². The second kappa shape index (κ2) is 10.5. The number of halogens is 1. The Bertz CT molecular complexity index is 833. The van der Waals surface area contributed by atoms with Gasteiger partial charge in [0.05, 0.1) is 19.8 Å². The van der Waals surface area contributed by atoms with Crippen LogP contribution in [0, 0.1) is 12.7 Å². The van der Waals surface area contributed by atoms with Gasteiger partial charge in [-0.3, -0.25) is 4.79 Å². The van der Waals surface area contributed by atoms with Crippen molar-refractivity contribution in [3.8, 4) is 5.75 Å². The number of hydrogen-bond acceptors (Lipinski definition) is 3. The molecule has 0 aromatic heterocycles. The maximum absolute atomic E-state index is 13.4. The van der Waals surface area contributed by atoms with E-state index < -0.39 is 0 Å². The van der Waals surface area contributed by atoms with E-state index in [1.54, 1.807) is 12.1 Å². The van der Waals surface area contributed by atoms with Gasteiger partial charge in [0.1, 0.15) is 30.7 Å². The third-order valence-corrected chi connectivity index (χ3v) is 5.55. The Morgan fingerprint density at radius 3 is 2.53 bits per heavy atom. The lowest BCUT2D eigenvalue weighted by Gasteiger charge is -2.32. The molecule has 2 aromatic rings. The lowest BCUT2D eigenvalue weighted by atomic mass is 10.0. The zero-order chi connectivity index (χ0) is 21.5. The summed E-state index contributed by atoms with van der Waals surface area (Å²) in [5.74, 6) is 0.655. The van der Waals surface area contributed by atoms with E-state index in [9.17, 15) is 9.18 Å². The van der Waals surface area contributed by atoms with Gasteiger partial charge in [0, 0.05) is 5.56 Å². The van der Waals surface area contributed by atoms with Crippen LogP contribution in [0.3, 0.4) is 0 Å². The molecule has 1 heterocycles. The molecule has 30 heavy (non-hydrogen) atoms. The molecule has 1 saturated heterocycles. The molecular weight excluding hydrogens is 383 g/mol. The molecule has 0 aliphatic carbocycles. The van der Waals surface area contributed by atoms with Gasteiger partial charge < -0.3 is 19.7 Å². The van der Waals surface area contributed by atoms with Crippen LogP contribution < -0.4 is 15.0 Å². The van der Waals surface area contributed by atoms with Crippen molar-refractivity contribution in [1.29, 1.82) is 0 Å². The third-order valence-electron chi connectivity index (χ3n) is 5.55. The quantitative estimate of drug-likeness (QED) is 0.696. The Morgan fingerprint density at radius 2 is 1.87 bits per heavy atom. The number of aryl methyl sites for hydroxylation is 1. The molecule has 0 saturated carbocycles. The summed E-state index contributed by atoms with van der Waals surface area (Å²) in [5.41, 5.74) is 3.20. The minimum Gasteiger partial charge on any atom is -0.483 e. The van der Waals surface area contributed by atoms with Crippen LogP contribution in [0.1, 0.15) is 42.5 Å². The first-order valence-electron chi connectivity index (χ1n) is 10.6. The Hall–Kier alpha value is -2.44. The molecule has 1 aliphatic rings. The number of hydrogen-bond donors (Lipinski definition) is 2. The van der Waals surface area contributed by atoms with Crippen molar-refractivity contribution in [2.45, 2.75) is 32.7 Å². The van der Waals surface area contributed by atoms with E-state index in [-0.39, 0.29) is 24.4 Å². The van der Waals surface area contributed by atoms with Gasteiger partial charge in [-0.05, 0) is 42.2 Å². The summed E-state index contributed by atoms with van der Waals surface area (Å²) in [6.07, 6.45) is 0. The summed E-state index contributed by atoms with van der Waals surface area (Å²) < 4.78 is 24.7. The van der Waals surface area contributed by atoms with Crippen molar-refractivity contribution in [3.63, 3.8) is 0 Å². The maximum atomic E-state index is 13.4. The highest BCUT2D eigenvalue weighted by Gasteiger charge is 2.27. The van der Waals surface area contributed by atoms with Crippen LogP contribution in [0.15, 0.2) is 42.5 Å². The van der Waals surface area contributed by atoms with E-state index in [2.05, 4.69) is 31.3 Å². The number of carbonyl (C=O) groups is 1. The van der Waals surface area contributed by atoms with E-state index in [1.165, 1.54) is 17.0 Å². The van der Waals surface area contributed by atoms with Gasteiger partial charge in [0.2, 0.25) is 0 Å². The van der Waals surface area contributed by atoms with E-state index in [1.807, 2.05) is 13.0 Å². The molecule has 3 rings (SSSR count). The van der Waals surface area contributed by atoms with Gasteiger partial charge in [-0.2, -0.15) is 0 Å². The molecule has 5 nitrogen and oxygen atoms in total. The highest BCUT2D eigenvalue weighted by Crippen LogP contribution is 2.27. The molecule has 2 N–H and O–H groups in total. The van der Waals surface area contributed by atoms with Crippen LogP contribution >= 0.6 is 0 Å². The van der Waals surface area contributed by atoms with Crippen LogP contribution in [-0.4, -0.2) is 45.4 Å². The van der Waals surface area contributed by atoms with E-state index in [4.69, 9.17) is 9.47 Å². The zero-order valence-corrected chi connectivity index (χ0v) is 18.0. The van der Waals surface area contributed by atoms with Crippen LogP contribution in [0.2, 0.25) is 0 Å². The van der Waals surface area contributed by atoms with Crippen molar-refractivity contribution in [3.05, 3.63) is 65.0 Å². The van der Waals surface area contributed by atoms with Crippen molar-refractivity contribution in [1.82, 2.24) is 5.32 Å². The zero-order valence-electron chi connectivity index (χ0n) is 18.0. The average Bonchev–Trinajstić information content (AvgIpc) is 2.74. The summed E-state index contributed by atoms with van der Waals surface area (Å²) >= 11 is 0. The molecule has 0 unspecified atom stereocenters. The van der Waals surface area contributed by atoms with Crippen molar-refractivity contribution in [2.24, 2.45) is 0 Å². The molecule has 0 spiro atoms. The largest absolute Gasteiger partial charge is 0.483 e.